The van der Waals surface area contributed by atoms with Gasteiger partial charge >= 0.3 is 5.97 Å². The summed E-state index contributed by atoms with van der Waals surface area (Å²) in [5.41, 5.74) is 0.194. The summed E-state index contributed by atoms with van der Waals surface area (Å²) < 4.78 is 0. The third-order valence-electron chi connectivity index (χ3n) is 4.85. The van der Waals surface area contributed by atoms with Crippen LogP contribution < -0.4 is 5.32 Å². The van der Waals surface area contributed by atoms with Crippen LogP contribution in [0.3, 0.4) is 0 Å². The van der Waals surface area contributed by atoms with Crippen LogP contribution in [0.2, 0.25) is 0 Å². The highest BCUT2D eigenvalue weighted by atomic mass is 16.4. The van der Waals surface area contributed by atoms with Crippen LogP contribution in [0, 0.1) is 11.8 Å². The summed E-state index contributed by atoms with van der Waals surface area (Å²) in [5.74, 6) is -0.543. The SMILES string of the molecule is C/C(=C\[C@H](C(C)C)N(C)C(=O)CNC(=O)C1CN(C)CCN1C)C(=O)O.CC(C)C. The molecule has 1 saturated heterocycles. The molecule has 1 aliphatic rings. The number of rotatable bonds is 7. The van der Waals surface area contributed by atoms with Crippen LogP contribution in [0.15, 0.2) is 11.6 Å². The van der Waals surface area contributed by atoms with Gasteiger partial charge in [-0.15, -0.1) is 0 Å². The summed E-state index contributed by atoms with van der Waals surface area (Å²) in [6.07, 6.45) is 1.58. The molecular formula is C22H42N4O4. The summed E-state index contributed by atoms with van der Waals surface area (Å²) in [5, 5.41) is 11.8. The van der Waals surface area contributed by atoms with Crippen molar-refractivity contribution in [1.29, 1.82) is 0 Å². The molecule has 0 aromatic carbocycles. The molecule has 8 nitrogen and oxygen atoms in total. The molecule has 0 bridgehead atoms. The van der Waals surface area contributed by atoms with Gasteiger partial charge in [0, 0.05) is 32.3 Å². The number of amides is 2. The monoisotopic (exact) mass is 426 g/mol. The maximum Gasteiger partial charge on any atom is 0.331 e. The molecule has 0 saturated carbocycles. The van der Waals surface area contributed by atoms with Crippen molar-refractivity contribution in [2.24, 2.45) is 11.8 Å². The molecule has 1 rings (SSSR count). The molecule has 1 fully saturated rings. The first-order valence-electron chi connectivity index (χ1n) is 10.6. The highest BCUT2D eigenvalue weighted by molar-refractivity contribution is 5.88. The van der Waals surface area contributed by atoms with Crippen LogP contribution in [0.1, 0.15) is 41.5 Å². The Labute approximate surface area is 182 Å². The lowest BCUT2D eigenvalue weighted by atomic mass is 10.00. The number of nitrogens with one attached hydrogen (secondary N) is 1. The maximum atomic E-state index is 12.5. The number of hydrogen-bond donors (Lipinski definition) is 2. The zero-order valence-corrected chi connectivity index (χ0v) is 20.2. The predicted octanol–water partition coefficient (Wildman–Crippen LogP) is 1.52. The van der Waals surface area contributed by atoms with Crippen LogP contribution in [0.4, 0.5) is 0 Å². The van der Waals surface area contributed by atoms with E-state index in [9.17, 15) is 14.4 Å². The maximum absolute atomic E-state index is 12.5. The van der Waals surface area contributed by atoms with E-state index in [-0.39, 0.29) is 41.9 Å². The first kappa shape index (κ1) is 28.1. The van der Waals surface area contributed by atoms with Gasteiger partial charge in [0.05, 0.1) is 12.6 Å². The fourth-order valence-corrected chi connectivity index (χ4v) is 2.94. The fourth-order valence-electron chi connectivity index (χ4n) is 2.94. The Morgan fingerprint density at radius 3 is 2.13 bits per heavy atom. The zero-order chi connectivity index (χ0) is 23.6. The molecule has 1 aliphatic heterocycles. The van der Waals surface area contributed by atoms with Crippen molar-refractivity contribution in [2.75, 3.05) is 47.3 Å². The average molecular weight is 427 g/mol. The largest absolute Gasteiger partial charge is 0.478 e. The van der Waals surface area contributed by atoms with E-state index in [2.05, 4.69) is 31.0 Å². The lowest BCUT2D eigenvalue weighted by molar-refractivity contribution is -0.135. The number of carbonyl (C=O) groups is 3. The standard InChI is InChI=1S/C18H32N4O4.C4H10/c1-12(2)14(9-13(3)18(25)26)22(6)16(23)10-19-17(24)15-11-20(4)7-8-21(15)5;1-4(2)3/h9,12,14-15H,7-8,10-11H2,1-6H3,(H,19,24)(H,25,26);4H,1-3H3/b13-9+;/t14-,15?;/m1./s1. The van der Waals surface area contributed by atoms with E-state index in [1.165, 1.54) is 11.8 Å². The van der Waals surface area contributed by atoms with Crippen molar-refractivity contribution in [1.82, 2.24) is 20.0 Å². The van der Waals surface area contributed by atoms with Crippen molar-refractivity contribution in [2.45, 2.75) is 53.6 Å². The highest BCUT2D eigenvalue weighted by Gasteiger charge is 2.29. The Kier molecular flexibility index (Phi) is 12.5. The van der Waals surface area contributed by atoms with E-state index >= 15 is 0 Å². The zero-order valence-electron chi connectivity index (χ0n) is 20.2. The number of carbonyl (C=O) groups excluding carboxylic acids is 2. The van der Waals surface area contributed by atoms with Crippen LogP contribution in [-0.2, 0) is 14.4 Å². The Hall–Kier alpha value is -1.93. The first-order valence-corrected chi connectivity index (χ1v) is 10.6. The fraction of sp³-hybridized carbons (Fsp3) is 0.773. The van der Waals surface area contributed by atoms with Crippen LogP contribution in [0.5, 0.6) is 0 Å². The van der Waals surface area contributed by atoms with E-state index < -0.39 is 5.97 Å². The minimum absolute atomic E-state index is 0.0482. The molecule has 8 heteroatoms. The number of carboxylic acids is 1. The van der Waals surface area contributed by atoms with E-state index in [4.69, 9.17) is 5.11 Å². The molecule has 30 heavy (non-hydrogen) atoms. The molecule has 0 aromatic heterocycles. The van der Waals surface area contributed by atoms with E-state index in [0.717, 1.165) is 19.0 Å². The summed E-state index contributed by atoms with van der Waals surface area (Å²) >= 11 is 0. The number of nitrogens with zero attached hydrogens (tertiary/aromatic N) is 3. The van der Waals surface area contributed by atoms with Crippen molar-refractivity contribution in [3.8, 4) is 0 Å². The highest BCUT2D eigenvalue weighted by Crippen LogP contribution is 2.13. The van der Waals surface area contributed by atoms with Crippen LogP contribution in [0.25, 0.3) is 0 Å². The quantitative estimate of drug-likeness (QED) is 0.600. The van der Waals surface area contributed by atoms with Crippen LogP contribution >= 0.6 is 0 Å². The molecule has 2 N–H and O–H groups in total. The number of hydrogen-bond acceptors (Lipinski definition) is 5. The first-order chi connectivity index (χ1) is 13.8. The molecular weight excluding hydrogens is 384 g/mol. The van der Waals surface area contributed by atoms with Gasteiger partial charge in [0.25, 0.3) is 0 Å². The number of carboxylic acid groups (broad SMARTS) is 1. The average Bonchev–Trinajstić information content (AvgIpc) is 2.64. The minimum Gasteiger partial charge on any atom is -0.478 e. The number of piperazine rings is 1. The Morgan fingerprint density at radius 1 is 1.13 bits per heavy atom. The van der Waals surface area contributed by atoms with Gasteiger partial charge in [0.2, 0.25) is 11.8 Å². The second-order valence-electron chi connectivity index (χ2n) is 9.10. The van der Waals surface area contributed by atoms with Crippen molar-refractivity contribution in [3.63, 3.8) is 0 Å². The van der Waals surface area contributed by atoms with E-state index in [1.54, 1.807) is 13.1 Å². The molecule has 0 aromatic rings. The molecule has 1 heterocycles. The molecule has 1 unspecified atom stereocenters. The molecule has 2 atom stereocenters. The third kappa shape index (κ3) is 10.2. The summed E-state index contributed by atoms with van der Waals surface area (Å²) in [6.45, 7) is 14.1. The van der Waals surface area contributed by atoms with Gasteiger partial charge in [0.1, 0.15) is 6.04 Å². The lowest BCUT2D eigenvalue weighted by Gasteiger charge is -2.36. The second kappa shape index (κ2) is 13.4. The Balaban J connectivity index is 0.00000192. The van der Waals surface area contributed by atoms with Crippen molar-refractivity contribution >= 4 is 17.8 Å². The number of likely N-dealkylation sites (N-methyl/N-ethyl adjacent to an activating group) is 3. The van der Waals surface area contributed by atoms with Gasteiger partial charge in [-0.25, -0.2) is 4.79 Å². The molecule has 0 radical (unpaired) electrons. The molecule has 0 spiro atoms. The normalized spacial score (nSPS) is 19.2. The molecule has 0 aliphatic carbocycles. The van der Waals surface area contributed by atoms with E-state index in [0.29, 0.717) is 6.54 Å². The lowest BCUT2D eigenvalue weighted by Crippen LogP contribution is -2.57. The van der Waals surface area contributed by atoms with E-state index in [1.807, 2.05) is 32.8 Å². The Morgan fingerprint density at radius 2 is 1.67 bits per heavy atom. The van der Waals surface area contributed by atoms with Gasteiger partial charge < -0.3 is 20.2 Å². The van der Waals surface area contributed by atoms with Gasteiger partial charge in [-0.05, 0) is 32.9 Å². The summed E-state index contributed by atoms with van der Waals surface area (Å²) in [7, 11) is 5.50. The summed E-state index contributed by atoms with van der Waals surface area (Å²) in [6, 6.07) is -0.624. The topological polar surface area (TPSA) is 93.2 Å². The van der Waals surface area contributed by atoms with Gasteiger partial charge in [-0.1, -0.05) is 40.7 Å². The number of aliphatic carboxylic acids is 1. The molecule has 174 valence electrons. The van der Waals surface area contributed by atoms with Gasteiger partial charge in [-0.3, -0.25) is 14.5 Å². The van der Waals surface area contributed by atoms with Crippen molar-refractivity contribution < 1.29 is 19.5 Å². The smallest absolute Gasteiger partial charge is 0.331 e. The van der Waals surface area contributed by atoms with Crippen LogP contribution in [-0.4, -0.2) is 97.0 Å². The van der Waals surface area contributed by atoms with Gasteiger partial charge in [0.15, 0.2) is 0 Å². The predicted molar refractivity (Wildman–Crippen MR) is 120 cm³/mol. The molecule has 2 amide bonds. The minimum atomic E-state index is -1.01. The van der Waals surface area contributed by atoms with Gasteiger partial charge in [-0.2, -0.15) is 0 Å². The summed E-state index contributed by atoms with van der Waals surface area (Å²) in [4.78, 5) is 41.5. The second-order valence-corrected chi connectivity index (χ2v) is 9.10. The Bertz CT molecular complexity index is 601. The third-order valence-corrected chi connectivity index (χ3v) is 4.85. The van der Waals surface area contributed by atoms with Crippen molar-refractivity contribution in [3.05, 3.63) is 11.6 Å².